The van der Waals surface area contributed by atoms with Crippen LogP contribution in [0.4, 0.5) is 0 Å². The third-order valence-electron chi connectivity index (χ3n) is 4.96. The maximum atomic E-state index is 12.8. The average Bonchev–Trinajstić information content (AvgIpc) is 3.33. The minimum absolute atomic E-state index is 0.163. The zero-order valence-corrected chi connectivity index (χ0v) is 15.3. The number of ether oxygens (including phenoxy) is 1. The van der Waals surface area contributed by atoms with Crippen molar-refractivity contribution in [1.29, 1.82) is 0 Å². The van der Waals surface area contributed by atoms with Crippen molar-refractivity contribution in [1.82, 2.24) is 30.2 Å². The standard InChI is InChI=1S/C16H22N6O2S/c1-10-14(24-2)18-15(25-10)12-9-22(20-19-12)13-5-8-21(16(13)23)11-3-6-17-7-4-11/h9,11,13,17H,3-8H2,1-2H3. The lowest BCUT2D eigenvalue weighted by Crippen LogP contribution is -2.44. The summed E-state index contributed by atoms with van der Waals surface area (Å²) >= 11 is 1.52. The fraction of sp³-hybridized carbons (Fsp3) is 0.625. The van der Waals surface area contributed by atoms with Gasteiger partial charge in [0.15, 0.2) is 0 Å². The van der Waals surface area contributed by atoms with E-state index in [1.54, 1.807) is 11.8 Å². The Bertz CT molecular complexity index is 767. The highest BCUT2D eigenvalue weighted by Crippen LogP contribution is 2.32. The fourth-order valence-electron chi connectivity index (χ4n) is 3.62. The molecule has 2 saturated heterocycles. The maximum absolute atomic E-state index is 12.8. The molecule has 25 heavy (non-hydrogen) atoms. The van der Waals surface area contributed by atoms with Crippen molar-refractivity contribution in [2.75, 3.05) is 26.7 Å². The summed E-state index contributed by atoms with van der Waals surface area (Å²) in [7, 11) is 1.61. The zero-order chi connectivity index (χ0) is 17.4. The lowest BCUT2D eigenvalue weighted by Gasteiger charge is -2.31. The Morgan fingerprint density at radius 3 is 2.84 bits per heavy atom. The summed E-state index contributed by atoms with van der Waals surface area (Å²) in [6, 6.07) is 0.103. The van der Waals surface area contributed by atoms with Gasteiger partial charge in [0, 0.05) is 12.6 Å². The molecule has 0 saturated carbocycles. The smallest absolute Gasteiger partial charge is 0.247 e. The highest BCUT2D eigenvalue weighted by atomic mass is 32.1. The molecule has 134 valence electrons. The van der Waals surface area contributed by atoms with Crippen molar-refractivity contribution in [3.63, 3.8) is 0 Å². The number of carbonyl (C=O) groups excluding carboxylic acids is 1. The molecule has 2 aliphatic rings. The van der Waals surface area contributed by atoms with E-state index in [0.717, 1.165) is 48.8 Å². The van der Waals surface area contributed by atoms with Crippen LogP contribution in [0.2, 0.25) is 0 Å². The van der Waals surface area contributed by atoms with Crippen LogP contribution < -0.4 is 10.1 Å². The van der Waals surface area contributed by atoms with E-state index in [2.05, 4.69) is 20.6 Å². The average molecular weight is 362 g/mol. The Balaban J connectivity index is 1.51. The molecule has 4 heterocycles. The van der Waals surface area contributed by atoms with Crippen LogP contribution >= 0.6 is 11.3 Å². The SMILES string of the molecule is COc1nc(-c2cn(C3CCN(C4CCNCC4)C3=O)nn2)sc1C. The molecule has 1 amide bonds. The third kappa shape index (κ3) is 3.02. The van der Waals surface area contributed by atoms with Crippen molar-refractivity contribution in [2.45, 2.75) is 38.3 Å². The van der Waals surface area contributed by atoms with Gasteiger partial charge in [0.2, 0.25) is 11.8 Å². The molecule has 8 nitrogen and oxygen atoms in total. The number of hydrogen-bond donors (Lipinski definition) is 1. The number of hydrogen-bond acceptors (Lipinski definition) is 7. The number of amides is 1. The lowest BCUT2D eigenvalue weighted by atomic mass is 10.1. The molecule has 0 spiro atoms. The molecule has 0 radical (unpaired) electrons. The van der Waals surface area contributed by atoms with Gasteiger partial charge in [-0.15, -0.1) is 16.4 Å². The van der Waals surface area contributed by atoms with Gasteiger partial charge in [0.05, 0.1) is 18.2 Å². The van der Waals surface area contributed by atoms with E-state index in [1.165, 1.54) is 11.3 Å². The molecule has 1 N–H and O–H groups in total. The number of aromatic nitrogens is 4. The van der Waals surface area contributed by atoms with Gasteiger partial charge in [-0.05, 0) is 39.3 Å². The van der Waals surface area contributed by atoms with Crippen molar-refractivity contribution in [2.24, 2.45) is 0 Å². The van der Waals surface area contributed by atoms with E-state index in [4.69, 9.17) is 4.74 Å². The zero-order valence-electron chi connectivity index (χ0n) is 14.4. The van der Waals surface area contributed by atoms with Crippen LogP contribution in [-0.2, 0) is 4.79 Å². The second-order valence-electron chi connectivity index (χ2n) is 6.49. The Kier molecular flexibility index (Phi) is 4.43. The number of thiazole rings is 1. The largest absolute Gasteiger partial charge is 0.480 e. The number of piperidine rings is 1. The molecular weight excluding hydrogens is 340 g/mol. The maximum Gasteiger partial charge on any atom is 0.247 e. The minimum atomic E-state index is -0.251. The summed E-state index contributed by atoms with van der Waals surface area (Å²) in [6.07, 6.45) is 4.66. The Labute approximate surface area is 150 Å². The molecule has 2 aromatic rings. The van der Waals surface area contributed by atoms with Crippen LogP contribution in [0.15, 0.2) is 6.20 Å². The first-order chi connectivity index (χ1) is 12.2. The van der Waals surface area contributed by atoms with Crippen LogP contribution in [0.25, 0.3) is 10.7 Å². The summed E-state index contributed by atoms with van der Waals surface area (Å²) in [6.45, 7) is 4.73. The number of methoxy groups -OCH3 is 1. The van der Waals surface area contributed by atoms with E-state index < -0.39 is 0 Å². The number of rotatable bonds is 4. The van der Waals surface area contributed by atoms with Crippen LogP contribution in [0, 0.1) is 6.92 Å². The monoisotopic (exact) mass is 362 g/mol. The van der Waals surface area contributed by atoms with Crippen LogP contribution in [0.3, 0.4) is 0 Å². The van der Waals surface area contributed by atoms with E-state index >= 15 is 0 Å². The molecule has 1 unspecified atom stereocenters. The van der Waals surface area contributed by atoms with Gasteiger partial charge in [-0.3, -0.25) is 4.79 Å². The molecule has 0 aliphatic carbocycles. The van der Waals surface area contributed by atoms with Gasteiger partial charge in [-0.1, -0.05) is 5.21 Å². The molecule has 0 bridgehead atoms. The molecule has 0 aromatic carbocycles. The highest BCUT2D eigenvalue weighted by Gasteiger charge is 2.38. The molecule has 2 aromatic heterocycles. The second-order valence-corrected chi connectivity index (χ2v) is 7.69. The van der Waals surface area contributed by atoms with Crippen LogP contribution in [0.1, 0.15) is 30.2 Å². The Morgan fingerprint density at radius 2 is 2.12 bits per heavy atom. The summed E-state index contributed by atoms with van der Waals surface area (Å²) in [5.74, 6) is 0.778. The van der Waals surface area contributed by atoms with Gasteiger partial charge < -0.3 is 15.0 Å². The molecule has 4 rings (SSSR count). The van der Waals surface area contributed by atoms with Crippen LogP contribution in [-0.4, -0.2) is 63.6 Å². The predicted octanol–water partition coefficient (Wildman–Crippen LogP) is 1.24. The van der Waals surface area contributed by atoms with E-state index in [-0.39, 0.29) is 11.9 Å². The number of nitrogens with zero attached hydrogens (tertiary/aromatic N) is 5. The first-order valence-electron chi connectivity index (χ1n) is 8.62. The molecule has 2 fully saturated rings. The Hall–Kier alpha value is -2.00. The van der Waals surface area contributed by atoms with E-state index in [9.17, 15) is 4.79 Å². The molecule has 2 aliphatic heterocycles. The van der Waals surface area contributed by atoms with Gasteiger partial charge in [0.1, 0.15) is 16.7 Å². The van der Waals surface area contributed by atoms with Gasteiger partial charge in [-0.2, -0.15) is 4.98 Å². The Morgan fingerprint density at radius 1 is 1.32 bits per heavy atom. The predicted molar refractivity (Wildman–Crippen MR) is 93.7 cm³/mol. The number of carbonyl (C=O) groups is 1. The fourth-order valence-corrected chi connectivity index (χ4v) is 4.45. The highest BCUT2D eigenvalue weighted by molar-refractivity contribution is 7.15. The summed E-state index contributed by atoms with van der Waals surface area (Å²) in [5.41, 5.74) is 0.685. The lowest BCUT2D eigenvalue weighted by molar-refractivity contribution is -0.133. The second kappa shape index (κ2) is 6.72. The summed E-state index contributed by atoms with van der Waals surface area (Å²) in [4.78, 5) is 20.3. The third-order valence-corrected chi connectivity index (χ3v) is 5.93. The molecule has 1 atom stereocenters. The minimum Gasteiger partial charge on any atom is -0.480 e. The van der Waals surface area contributed by atoms with Crippen molar-refractivity contribution in [3.8, 4) is 16.6 Å². The van der Waals surface area contributed by atoms with Crippen molar-refractivity contribution in [3.05, 3.63) is 11.1 Å². The summed E-state index contributed by atoms with van der Waals surface area (Å²) in [5, 5.41) is 12.5. The normalized spacial score (nSPS) is 21.9. The first-order valence-corrected chi connectivity index (χ1v) is 9.44. The van der Waals surface area contributed by atoms with E-state index in [1.807, 2.05) is 18.0 Å². The van der Waals surface area contributed by atoms with Gasteiger partial charge in [-0.25, -0.2) is 4.68 Å². The molecule has 9 heteroatoms. The number of aryl methyl sites for hydroxylation is 1. The van der Waals surface area contributed by atoms with Crippen molar-refractivity contribution >= 4 is 17.2 Å². The topological polar surface area (TPSA) is 85.2 Å². The number of likely N-dealkylation sites (tertiary alicyclic amines) is 1. The first kappa shape index (κ1) is 16.5. The van der Waals surface area contributed by atoms with Gasteiger partial charge >= 0.3 is 0 Å². The van der Waals surface area contributed by atoms with E-state index in [0.29, 0.717) is 17.6 Å². The van der Waals surface area contributed by atoms with Gasteiger partial charge in [0.25, 0.3) is 0 Å². The number of nitrogens with one attached hydrogen (secondary N) is 1. The molecular formula is C16H22N6O2S. The quantitative estimate of drug-likeness (QED) is 0.881. The van der Waals surface area contributed by atoms with Crippen LogP contribution in [0.5, 0.6) is 5.88 Å². The van der Waals surface area contributed by atoms with Crippen molar-refractivity contribution < 1.29 is 9.53 Å². The summed E-state index contributed by atoms with van der Waals surface area (Å²) < 4.78 is 6.93.